The van der Waals surface area contributed by atoms with Gasteiger partial charge in [0.05, 0.1) is 14.2 Å². The summed E-state index contributed by atoms with van der Waals surface area (Å²) >= 11 is 0. The number of fused-ring (bicyclic) bond motifs is 1. The van der Waals surface area contributed by atoms with Gasteiger partial charge in [-0.25, -0.2) is 0 Å². The Morgan fingerprint density at radius 1 is 1.00 bits per heavy atom. The van der Waals surface area contributed by atoms with Crippen LogP contribution in [0.1, 0.15) is 36.8 Å². The van der Waals surface area contributed by atoms with Gasteiger partial charge in [0.1, 0.15) is 0 Å². The van der Waals surface area contributed by atoms with Crippen molar-refractivity contribution in [3.63, 3.8) is 0 Å². The van der Waals surface area contributed by atoms with Crippen LogP contribution in [-0.4, -0.2) is 26.3 Å². The number of methoxy groups -OCH3 is 2. The van der Waals surface area contributed by atoms with Crippen LogP contribution in [-0.2, 0) is 12.8 Å². The summed E-state index contributed by atoms with van der Waals surface area (Å²) in [6.07, 6.45) is 7.50. The molecule has 1 heterocycles. The van der Waals surface area contributed by atoms with Gasteiger partial charge >= 0.3 is 0 Å². The third-order valence-corrected chi connectivity index (χ3v) is 4.69. The van der Waals surface area contributed by atoms with Gasteiger partial charge in [0.25, 0.3) is 0 Å². The second-order valence-electron chi connectivity index (χ2n) is 5.82. The molecule has 104 valence electrons. The Labute approximate surface area is 115 Å². The van der Waals surface area contributed by atoms with Crippen molar-refractivity contribution in [1.29, 1.82) is 0 Å². The van der Waals surface area contributed by atoms with E-state index in [1.54, 1.807) is 14.2 Å². The Balaban J connectivity index is 1.91. The molecule has 0 bridgehead atoms. The van der Waals surface area contributed by atoms with Crippen molar-refractivity contribution in [1.82, 2.24) is 5.32 Å². The predicted molar refractivity (Wildman–Crippen MR) is 76.2 cm³/mol. The van der Waals surface area contributed by atoms with Crippen molar-refractivity contribution in [2.24, 2.45) is 0 Å². The molecule has 1 spiro atoms. The van der Waals surface area contributed by atoms with Crippen molar-refractivity contribution in [3.8, 4) is 11.5 Å². The normalized spacial score (nSPS) is 26.0. The van der Waals surface area contributed by atoms with E-state index in [2.05, 4.69) is 17.4 Å². The van der Waals surface area contributed by atoms with Gasteiger partial charge in [-0.05, 0) is 61.9 Å². The predicted octanol–water partition coefficient (Wildman–Crippen LogP) is 2.70. The van der Waals surface area contributed by atoms with Crippen LogP contribution in [0.2, 0.25) is 0 Å². The smallest absolute Gasteiger partial charge is 0.161 e. The number of hydrogen-bond acceptors (Lipinski definition) is 3. The maximum atomic E-state index is 5.43. The fourth-order valence-corrected chi connectivity index (χ4v) is 3.58. The first-order valence-corrected chi connectivity index (χ1v) is 7.25. The molecule has 1 unspecified atom stereocenters. The fraction of sp³-hybridized carbons (Fsp3) is 0.625. The van der Waals surface area contributed by atoms with E-state index in [0.29, 0.717) is 5.54 Å². The van der Waals surface area contributed by atoms with Crippen LogP contribution in [0.5, 0.6) is 11.5 Å². The zero-order valence-electron chi connectivity index (χ0n) is 11.9. The zero-order valence-corrected chi connectivity index (χ0v) is 11.9. The van der Waals surface area contributed by atoms with Crippen LogP contribution in [0, 0.1) is 0 Å². The molecule has 1 aliphatic heterocycles. The first-order chi connectivity index (χ1) is 9.26. The number of ether oxygens (including phenoxy) is 2. The second kappa shape index (κ2) is 5.04. The summed E-state index contributed by atoms with van der Waals surface area (Å²) in [6.45, 7) is 1.17. The summed E-state index contributed by atoms with van der Waals surface area (Å²) in [7, 11) is 3.42. The van der Waals surface area contributed by atoms with Crippen LogP contribution in [0.25, 0.3) is 0 Å². The maximum Gasteiger partial charge on any atom is 0.161 e. The molecule has 3 nitrogen and oxygen atoms in total. The monoisotopic (exact) mass is 261 g/mol. The van der Waals surface area contributed by atoms with Gasteiger partial charge in [0, 0.05) is 5.54 Å². The quantitative estimate of drug-likeness (QED) is 0.888. The average molecular weight is 261 g/mol. The largest absolute Gasteiger partial charge is 0.493 e. The van der Waals surface area contributed by atoms with Crippen molar-refractivity contribution < 1.29 is 9.47 Å². The second-order valence-corrected chi connectivity index (χ2v) is 5.82. The molecule has 1 fully saturated rings. The van der Waals surface area contributed by atoms with Crippen LogP contribution in [0.3, 0.4) is 0 Å². The Morgan fingerprint density at radius 3 is 2.37 bits per heavy atom. The molecule has 1 aromatic rings. The summed E-state index contributed by atoms with van der Waals surface area (Å²) in [5.41, 5.74) is 3.19. The van der Waals surface area contributed by atoms with Gasteiger partial charge in [0.15, 0.2) is 11.5 Å². The molecule has 19 heavy (non-hydrogen) atoms. The van der Waals surface area contributed by atoms with Gasteiger partial charge in [0.2, 0.25) is 0 Å². The SMILES string of the molecule is COc1cc2c(cc1OC)CC1(CCCCN1)CC2. The lowest BCUT2D eigenvalue weighted by Gasteiger charge is -2.42. The summed E-state index contributed by atoms with van der Waals surface area (Å²) in [4.78, 5) is 0. The number of rotatable bonds is 2. The van der Waals surface area contributed by atoms with E-state index in [1.807, 2.05) is 0 Å². The molecule has 0 saturated carbocycles. The third-order valence-electron chi connectivity index (χ3n) is 4.69. The molecule has 1 N–H and O–H groups in total. The van der Waals surface area contributed by atoms with Gasteiger partial charge < -0.3 is 14.8 Å². The standard InChI is InChI=1S/C16H23NO2/c1-18-14-9-12-5-7-16(6-3-4-8-17-16)11-13(12)10-15(14)19-2/h9-10,17H,3-8,11H2,1-2H3. The first kappa shape index (κ1) is 12.8. The molecule has 0 radical (unpaired) electrons. The van der Waals surface area contributed by atoms with Crippen molar-refractivity contribution in [3.05, 3.63) is 23.3 Å². The lowest BCUT2D eigenvalue weighted by atomic mass is 9.73. The van der Waals surface area contributed by atoms with E-state index in [1.165, 1.54) is 43.4 Å². The molecule has 1 atom stereocenters. The summed E-state index contributed by atoms with van der Waals surface area (Å²) in [6, 6.07) is 4.33. The molecule has 1 aliphatic carbocycles. The molecular weight excluding hydrogens is 238 g/mol. The summed E-state index contributed by atoms with van der Waals surface area (Å²) in [5.74, 6) is 1.71. The number of benzene rings is 1. The van der Waals surface area contributed by atoms with Gasteiger partial charge in [-0.2, -0.15) is 0 Å². The van der Waals surface area contributed by atoms with Gasteiger partial charge in [-0.3, -0.25) is 0 Å². The first-order valence-electron chi connectivity index (χ1n) is 7.25. The van der Waals surface area contributed by atoms with Gasteiger partial charge in [-0.15, -0.1) is 0 Å². The molecule has 0 aromatic heterocycles. The fourth-order valence-electron chi connectivity index (χ4n) is 3.58. The highest BCUT2D eigenvalue weighted by Crippen LogP contribution is 2.39. The number of nitrogens with one attached hydrogen (secondary N) is 1. The highest BCUT2D eigenvalue weighted by atomic mass is 16.5. The third kappa shape index (κ3) is 2.32. The summed E-state index contributed by atoms with van der Waals surface area (Å²) in [5, 5.41) is 3.77. The van der Waals surface area contributed by atoms with Gasteiger partial charge in [-0.1, -0.05) is 6.42 Å². The highest BCUT2D eigenvalue weighted by molar-refractivity contribution is 5.49. The Morgan fingerprint density at radius 2 is 1.74 bits per heavy atom. The van der Waals surface area contributed by atoms with Crippen molar-refractivity contribution in [2.45, 2.75) is 44.1 Å². The van der Waals surface area contributed by atoms with E-state index < -0.39 is 0 Å². The van der Waals surface area contributed by atoms with Crippen LogP contribution >= 0.6 is 0 Å². The lowest BCUT2D eigenvalue weighted by molar-refractivity contribution is 0.224. The Hall–Kier alpha value is -1.22. The minimum Gasteiger partial charge on any atom is -0.493 e. The lowest BCUT2D eigenvalue weighted by Crippen LogP contribution is -2.52. The maximum absolute atomic E-state index is 5.43. The minimum absolute atomic E-state index is 0.338. The van der Waals surface area contributed by atoms with Crippen LogP contribution in [0.15, 0.2) is 12.1 Å². The zero-order chi connectivity index (χ0) is 13.3. The van der Waals surface area contributed by atoms with Crippen molar-refractivity contribution >= 4 is 0 Å². The van der Waals surface area contributed by atoms with Crippen LogP contribution in [0.4, 0.5) is 0 Å². The molecule has 1 saturated heterocycles. The van der Waals surface area contributed by atoms with E-state index in [9.17, 15) is 0 Å². The Kier molecular flexibility index (Phi) is 3.40. The molecule has 1 aromatic carbocycles. The van der Waals surface area contributed by atoms with E-state index in [4.69, 9.17) is 9.47 Å². The Bertz CT molecular complexity index is 464. The summed E-state index contributed by atoms with van der Waals surface area (Å²) < 4.78 is 10.8. The number of piperidine rings is 1. The van der Waals surface area contributed by atoms with Crippen LogP contribution < -0.4 is 14.8 Å². The van der Waals surface area contributed by atoms with Crippen molar-refractivity contribution in [2.75, 3.05) is 20.8 Å². The highest BCUT2D eigenvalue weighted by Gasteiger charge is 2.35. The molecule has 3 heteroatoms. The van der Waals surface area contributed by atoms with E-state index in [0.717, 1.165) is 24.3 Å². The molecule has 0 amide bonds. The topological polar surface area (TPSA) is 30.5 Å². The molecular formula is C16H23NO2. The molecule has 2 aliphatic rings. The number of aryl methyl sites for hydroxylation is 1. The number of hydrogen-bond donors (Lipinski definition) is 1. The average Bonchev–Trinajstić information content (AvgIpc) is 2.46. The minimum atomic E-state index is 0.338. The molecule has 3 rings (SSSR count). The van der Waals surface area contributed by atoms with E-state index >= 15 is 0 Å². The van der Waals surface area contributed by atoms with E-state index in [-0.39, 0.29) is 0 Å².